The average molecular weight is 729 g/mol. The summed E-state index contributed by atoms with van der Waals surface area (Å²) in [5.74, 6) is -1.64. The lowest BCUT2D eigenvalue weighted by Crippen LogP contribution is -2.44. The fourth-order valence-corrected chi connectivity index (χ4v) is 6.26. The first kappa shape index (κ1) is 42.8. The van der Waals surface area contributed by atoms with Crippen LogP contribution >= 0.6 is 0 Å². The predicted octanol–water partition coefficient (Wildman–Crippen LogP) is 5.06. The molecule has 1 aliphatic rings. The van der Waals surface area contributed by atoms with Gasteiger partial charge in [-0.1, -0.05) is 127 Å². The molecular formula is C39H60N4O9. The van der Waals surface area contributed by atoms with Crippen molar-refractivity contribution in [2.24, 2.45) is 0 Å². The fraction of sp³-hybridized carbons (Fsp3) is 0.667. The zero-order valence-corrected chi connectivity index (χ0v) is 30.8. The van der Waals surface area contributed by atoms with Gasteiger partial charge in [-0.3, -0.25) is 19.0 Å². The Bertz CT molecular complexity index is 1390. The summed E-state index contributed by atoms with van der Waals surface area (Å²) < 4.78 is 11.7. The van der Waals surface area contributed by atoms with E-state index in [1.54, 1.807) is 0 Å². The van der Waals surface area contributed by atoms with E-state index >= 15 is 0 Å². The molecule has 0 unspecified atom stereocenters. The number of anilines is 1. The fourth-order valence-electron chi connectivity index (χ4n) is 6.26. The summed E-state index contributed by atoms with van der Waals surface area (Å²) in [6.45, 7) is 1.77. The van der Waals surface area contributed by atoms with Gasteiger partial charge in [-0.25, -0.2) is 4.79 Å². The highest BCUT2D eigenvalue weighted by Crippen LogP contribution is 2.28. The Kier molecular flexibility index (Phi) is 20.2. The number of unbranched alkanes of at least 4 members (excludes halogenated alkanes) is 14. The summed E-state index contributed by atoms with van der Waals surface area (Å²) in [5, 5.41) is 34.9. The maximum atomic E-state index is 13.3. The molecule has 0 radical (unpaired) electrons. The molecule has 3 rings (SSSR count). The molecule has 2 heterocycles. The molecule has 1 saturated heterocycles. The van der Waals surface area contributed by atoms with Crippen molar-refractivity contribution in [1.82, 2.24) is 14.9 Å². The number of ether oxygens (including phenoxy) is 2. The Morgan fingerprint density at radius 1 is 0.846 bits per heavy atom. The molecule has 0 saturated carbocycles. The van der Waals surface area contributed by atoms with E-state index in [0.29, 0.717) is 6.42 Å². The van der Waals surface area contributed by atoms with Crippen LogP contribution < -0.4 is 16.3 Å². The Balaban J connectivity index is 1.44. The number of hydrogen-bond acceptors (Lipinski definition) is 10. The Hall–Kier alpha value is -3.65. The second-order valence-electron chi connectivity index (χ2n) is 13.7. The SMILES string of the molecule is CCCCCCCCCCCCCCCCCC(=O)N[C@H](CCC(=O)OCc1ccccc1)C(=O)Nc1ccn([C@H]2O[C@@H](CO)[C@H](O)[C@H]2O)c(=O)n1. The number of nitrogens with one attached hydrogen (secondary N) is 2. The van der Waals surface area contributed by atoms with Crippen LogP contribution in [-0.2, 0) is 30.5 Å². The molecule has 2 aromatic rings. The van der Waals surface area contributed by atoms with Gasteiger partial charge < -0.3 is 35.4 Å². The van der Waals surface area contributed by atoms with Crippen LogP contribution in [0.3, 0.4) is 0 Å². The largest absolute Gasteiger partial charge is 0.461 e. The van der Waals surface area contributed by atoms with Crippen molar-refractivity contribution in [3.8, 4) is 0 Å². The number of nitrogens with zero attached hydrogens (tertiary/aromatic N) is 2. The number of carbonyl (C=O) groups is 3. The number of aliphatic hydroxyl groups excluding tert-OH is 3. The lowest BCUT2D eigenvalue weighted by atomic mass is 10.0. The molecule has 13 heteroatoms. The molecule has 0 spiro atoms. The normalized spacial score (nSPS) is 18.9. The van der Waals surface area contributed by atoms with Gasteiger partial charge >= 0.3 is 11.7 Å². The van der Waals surface area contributed by atoms with Crippen molar-refractivity contribution in [3.63, 3.8) is 0 Å². The summed E-state index contributed by atoms with van der Waals surface area (Å²) in [7, 11) is 0. The average Bonchev–Trinajstić information content (AvgIpc) is 3.43. The van der Waals surface area contributed by atoms with E-state index in [4.69, 9.17) is 9.47 Å². The zero-order valence-electron chi connectivity index (χ0n) is 30.8. The highest BCUT2D eigenvalue weighted by atomic mass is 16.6. The van der Waals surface area contributed by atoms with E-state index in [-0.39, 0.29) is 37.6 Å². The minimum absolute atomic E-state index is 0.0380. The van der Waals surface area contributed by atoms with E-state index in [1.807, 2.05) is 30.3 Å². The molecule has 0 bridgehead atoms. The van der Waals surface area contributed by atoms with E-state index < -0.39 is 54.8 Å². The van der Waals surface area contributed by atoms with Gasteiger partial charge in [0.2, 0.25) is 11.8 Å². The second kappa shape index (κ2) is 24.6. The summed E-state index contributed by atoms with van der Waals surface area (Å²) in [6, 6.07) is 9.39. The molecule has 2 amide bonds. The molecule has 1 aromatic carbocycles. The maximum Gasteiger partial charge on any atom is 0.351 e. The Labute approximate surface area is 307 Å². The van der Waals surface area contributed by atoms with Gasteiger partial charge in [0, 0.05) is 19.0 Å². The molecule has 5 atom stereocenters. The van der Waals surface area contributed by atoms with Crippen LogP contribution in [0.15, 0.2) is 47.4 Å². The Morgan fingerprint density at radius 2 is 1.44 bits per heavy atom. The van der Waals surface area contributed by atoms with Gasteiger partial charge in [0.05, 0.1) is 6.61 Å². The van der Waals surface area contributed by atoms with Gasteiger partial charge in [-0.2, -0.15) is 4.98 Å². The van der Waals surface area contributed by atoms with E-state index in [9.17, 15) is 34.5 Å². The lowest BCUT2D eigenvalue weighted by Gasteiger charge is -2.19. The van der Waals surface area contributed by atoms with Gasteiger partial charge in [0.15, 0.2) is 6.23 Å². The topological polar surface area (TPSA) is 189 Å². The molecule has 5 N–H and O–H groups in total. The smallest absolute Gasteiger partial charge is 0.351 e. The summed E-state index contributed by atoms with van der Waals surface area (Å²) in [6.07, 6.45) is 14.2. The number of rotatable bonds is 26. The number of aliphatic hydroxyl groups is 3. The minimum Gasteiger partial charge on any atom is -0.461 e. The van der Waals surface area contributed by atoms with E-state index in [1.165, 1.54) is 82.9 Å². The Morgan fingerprint density at radius 3 is 2.00 bits per heavy atom. The maximum absolute atomic E-state index is 13.3. The predicted molar refractivity (Wildman–Crippen MR) is 197 cm³/mol. The first-order valence-electron chi connectivity index (χ1n) is 19.2. The molecule has 0 aliphatic carbocycles. The molecule has 1 aromatic heterocycles. The number of benzene rings is 1. The molecular weight excluding hydrogens is 668 g/mol. The van der Waals surface area contributed by atoms with Crippen molar-refractivity contribution in [3.05, 3.63) is 58.6 Å². The van der Waals surface area contributed by atoms with Crippen LogP contribution in [-0.4, -0.2) is 73.6 Å². The second-order valence-corrected chi connectivity index (χ2v) is 13.7. The van der Waals surface area contributed by atoms with Crippen LogP contribution in [0, 0.1) is 0 Å². The zero-order chi connectivity index (χ0) is 37.6. The number of esters is 1. The molecule has 1 fully saturated rings. The molecule has 290 valence electrons. The minimum atomic E-state index is -1.48. The van der Waals surface area contributed by atoms with Gasteiger partial charge in [-0.15, -0.1) is 0 Å². The molecule has 52 heavy (non-hydrogen) atoms. The highest BCUT2D eigenvalue weighted by molar-refractivity contribution is 5.96. The standard InChI is InChI=1S/C39H60N4O9/c1-2-3-4-5-6-7-8-9-10-11-12-13-14-15-19-22-33(45)40-30(23-24-34(46)51-28-29-20-17-16-18-21-29)37(49)41-32-25-26-43(39(50)42-32)38-36(48)35(47)31(27-44)52-38/h16-18,20-21,25-26,30-31,35-36,38,44,47-48H,2-15,19,22-24,27-28H2,1H3,(H,40,45)(H,41,42,49,50)/t30-,31+,35+,36-,38+/m1/s1. The van der Waals surface area contributed by atoms with E-state index in [2.05, 4.69) is 22.5 Å². The first-order chi connectivity index (χ1) is 25.2. The summed E-state index contributed by atoms with van der Waals surface area (Å²) in [4.78, 5) is 55.4. The number of amides is 2. The van der Waals surface area contributed by atoms with Gasteiger partial charge in [-0.05, 0) is 24.5 Å². The summed E-state index contributed by atoms with van der Waals surface area (Å²) in [5.41, 5.74) is -0.0643. The third-order valence-electron chi connectivity index (χ3n) is 9.41. The van der Waals surface area contributed by atoms with Crippen molar-refractivity contribution >= 4 is 23.6 Å². The van der Waals surface area contributed by atoms with E-state index in [0.717, 1.165) is 29.4 Å². The highest BCUT2D eigenvalue weighted by Gasteiger charge is 2.43. The quantitative estimate of drug-likeness (QED) is 0.0647. The van der Waals surface area contributed by atoms with Crippen molar-refractivity contribution in [2.45, 2.75) is 160 Å². The van der Waals surface area contributed by atoms with Crippen LogP contribution in [0.4, 0.5) is 5.82 Å². The van der Waals surface area contributed by atoms with Gasteiger partial charge in [0.25, 0.3) is 0 Å². The molecule has 1 aliphatic heterocycles. The summed E-state index contributed by atoms with van der Waals surface area (Å²) >= 11 is 0. The van der Waals surface area contributed by atoms with Crippen LogP contribution in [0.1, 0.15) is 134 Å². The number of hydrogen-bond donors (Lipinski definition) is 5. The van der Waals surface area contributed by atoms with Crippen molar-refractivity contribution in [2.75, 3.05) is 11.9 Å². The van der Waals surface area contributed by atoms with Crippen molar-refractivity contribution in [1.29, 1.82) is 0 Å². The monoisotopic (exact) mass is 728 g/mol. The third kappa shape index (κ3) is 15.5. The lowest BCUT2D eigenvalue weighted by molar-refractivity contribution is -0.145. The van der Waals surface area contributed by atoms with Crippen LogP contribution in [0.25, 0.3) is 0 Å². The first-order valence-corrected chi connectivity index (χ1v) is 19.2. The number of aromatic nitrogens is 2. The molecule has 13 nitrogen and oxygen atoms in total. The van der Waals surface area contributed by atoms with Gasteiger partial charge in [0.1, 0.15) is 36.8 Å². The van der Waals surface area contributed by atoms with Crippen LogP contribution in [0.5, 0.6) is 0 Å². The van der Waals surface area contributed by atoms with Crippen molar-refractivity contribution < 1.29 is 39.2 Å². The van der Waals surface area contributed by atoms with Crippen LogP contribution in [0.2, 0.25) is 0 Å². The third-order valence-corrected chi connectivity index (χ3v) is 9.41. The number of carbonyl (C=O) groups excluding carboxylic acids is 3.